The number of hydrogen-bond donors (Lipinski definition) is 1. The number of benzene rings is 1. The summed E-state index contributed by atoms with van der Waals surface area (Å²) < 4.78 is 80.6. The molecule has 0 aliphatic rings. The van der Waals surface area contributed by atoms with Gasteiger partial charge in [0.1, 0.15) is 17.5 Å². The van der Waals surface area contributed by atoms with Crippen molar-refractivity contribution in [3.05, 3.63) is 47.8 Å². The third-order valence-corrected chi connectivity index (χ3v) is 3.46. The van der Waals surface area contributed by atoms with E-state index in [1.807, 2.05) is 0 Å². The van der Waals surface area contributed by atoms with Gasteiger partial charge in [-0.25, -0.2) is 5.10 Å². The number of ether oxygens (including phenoxy) is 1. The van der Waals surface area contributed by atoms with Crippen molar-refractivity contribution in [3.63, 3.8) is 0 Å². The van der Waals surface area contributed by atoms with Crippen molar-refractivity contribution >= 4 is 0 Å². The number of halogens is 6. The lowest BCUT2D eigenvalue weighted by molar-refractivity contribution is -0.274. The molecule has 0 bridgehead atoms. The molecule has 0 spiro atoms. The van der Waals surface area contributed by atoms with Gasteiger partial charge in [0.05, 0.1) is 11.3 Å². The highest BCUT2D eigenvalue weighted by Gasteiger charge is 2.32. The summed E-state index contributed by atoms with van der Waals surface area (Å²) in [6.07, 6.45) is -8.83. The number of aromatic amines is 1. The number of nitrogens with one attached hydrogen (secondary N) is 1. The highest BCUT2D eigenvalue weighted by Crippen LogP contribution is 2.35. The fourth-order valence-electron chi connectivity index (χ4n) is 2.35. The quantitative estimate of drug-likeness (QED) is 0.663. The zero-order valence-electron chi connectivity index (χ0n) is 13.4. The molecular formula is C16H7F6N5O. The summed E-state index contributed by atoms with van der Waals surface area (Å²) in [7, 11) is 0. The van der Waals surface area contributed by atoms with E-state index < -0.39 is 23.9 Å². The Labute approximate surface area is 152 Å². The molecule has 2 aromatic heterocycles. The Balaban J connectivity index is 2.17. The maximum Gasteiger partial charge on any atom is 0.573 e. The zero-order valence-corrected chi connectivity index (χ0v) is 13.4. The predicted octanol–water partition coefficient (Wildman–Crippen LogP) is 4.32. The Kier molecular flexibility index (Phi) is 4.68. The average molecular weight is 399 g/mol. The van der Waals surface area contributed by atoms with Gasteiger partial charge in [-0.2, -0.15) is 18.4 Å². The Morgan fingerprint density at radius 1 is 1.00 bits per heavy atom. The lowest BCUT2D eigenvalue weighted by atomic mass is 10.0. The van der Waals surface area contributed by atoms with Gasteiger partial charge in [0, 0.05) is 17.3 Å². The average Bonchev–Trinajstić information content (AvgIpc) is 3.08. The third kappa shape index (κ3) is 4.20. The molecule has 1 aromatic carbocycles. The Bertz CT molecular complexity index is 1050. The van der Waals surface area contributed by atoms with Crippen LogP contribution >= 0.6 is 0 Å². The first-order chi connectivity index (χ1) is 13.1. The molecule has 3 aromatic rings. The summed E-state index contributed by atoms with van der Waals surface area (Å²) in [5.41, 5.74) is -1.64. The van der Waals surface area contributed by atoms with E-state index in [2.05, 4.69) is 25.1 Å². The Morgan fingerprint density at radius 2 is 1.71 bits per heavy atom. The lowest BCUT2D eigenvalue weighted by Gasteiger charge is -2.13. The van der Waals surface area contributed by atoms with Crippen LogP contribution in [0.1, 0.15) is 11.3 Å². The maximum atomic E-state index is 12.9. The van der Waals surface area contributed by atoms with Crippen LogP contribution in [0.15, 0.2) is 36.5 Å². The Hall–Kier alpha value is -3.62. The number of nitriles is 1. The van der Waals surface area contributed by atoms with Crippen LogP contribution in [0.4, 0.5) is 26.3 Å². The van der Waals surface area contributed by atoms with Crippen molar-refractivity contribution in [1.29, 1.82) is 5.26 Å². The van der Waals surface area contributed by atoms with E-state index in [1.54, 1.807) is 6.07 Å². The first-order valence-corrected chi connectivity index (χ1v) is 7.33. The fourth-order valence-corrected chi connectivity index (χ4v) is 2.35. The van der Waals surface area contributed by atoms with Gasteiger partial charge < -0.3 is 4.74 Å². The number of pyridine rings is 1. The molecule has 0 unspecified atom stereocenters. The molecule has 0 saturated carbocycles. The minimum atomic E-state index is -5.04. The summed E-state index contributed by atoms with van der Waals surface area (Å²) >= 11 is 0. The second kappa shape index (κ2) is 6.84. The monoisotopic (exact) mass is 399 g/mol. The number of H-pyrrole nitrogens is 1. The maximum absolute atomic E-state index is 12.9. The predicted molar refractivity (Wildman–Crippen MR) is 81.4 cm³/mol. The molecule has 1 N–H and O–H groups in total. The smallest absolute Gasteiger partial charge is 0.406 e. The first kappa shape index (κ1) is 19.2. The molecule has 0 aliphatic carbocycles. The first-order valence-electron chi connectivity index (χ1n) is 7.33. The van der Waals surface area contributed by atoms with E-state index in [4.69, 9.17) is 5.26 Å². The molecule has 0 radical (unpaired) electrons. The van der Waals surface area contributed by atoms with Gasteiger partial charge in [0.25, 0.3) is 0 Å². The standard InChI is InChI=1S/C16H7F6N5O/c17-15(18,19)10-1-2-24-12(6-10)8-3-9(14-13(7-23)25-27-26-14)5-11(4-8)28-16(20,21)22/h1-6H,(H,25,26,27). The molecule has 0 aliphatic heterocycles. The lowest BCUT2D eigenvalue weighted by Crippen LogP contribution is -2.17. The van der Waals surface area contributed by atoms with Crippen LogP contribution in [0, 0.1) is 11.3 Å². The van der Waals surface area contributed by atoms with E-state index in [9.17, 15) is 26.3 Å². The van der Waals surface area contributed by atoms with Crippen molar-refractivity contribution in [2.24, 2.45) is 0 Å². The fraction of sp³-hybridized carbons (Fsp3) is 0.125. The molecule has 3 rings (SSSR count). The van der Waals surface area contributed by atoms with Crippen LogP contribution in [0.2, 0.25) is 0 Å². The molecule has 0 amide bonds. The van der Waals surface area contributed by atoms with Crippen LogP contribution in [-0.2, 0) is 6.18 Å². The van der Waals surface area contributed by atoms with E-state index >= 15 is 0 Å². The molecule has 6 nitrogen and oxygen atoms in total. The van der Waals surface area contributed by atoms with Gasteiger partial charge in [-0.15, -0.1) is 18.3 Å². The molecule has 144 valence electrons. The van der Waals surface area contributed by atoms with Crippen molar-refractivity contribution < 1.29 is 31.1 Å². The van der Waals surface area contributed by atoms with Crippen molar-refractivity contribution in [1.82, 2.24) is 20.4 Å². The summed E-state index contributed by atoms with van der Waals surface area (Å²) in [5.74, 6) is -0.717. The number of nitrogens with zero attached hydrogens (tertiary/aromatic N) is 4. The summed E-state index contributed by atoms with van der Waals surface area (Å²) in [5, 5.41) is 18.3. The van der Waals surface area contributed by atoms with Crippen LogP contribution in [-0.4, -0.2) is 26.8 Å². The highest BCUT2D eigenvalue weighted by molar-refractivity contribution is 5.74. The summed E-state index contributed by atoms with van der Waals surface area (Å²) in [4.78, 5) is 3.78. The minimum Gasteiger partial charge on any atom is -0.406 e. The number of rotatable bonds is 3. The van der Waals surface area contributed by atoms with Gasteiger partial charge in [0.15, 0.2) is 5.69 Å². The van der Waals surface area contributed by atoms with Gasteiger partial charge in [-0.3, -0.25) is 4.98 Å². The molecule has 0 saturated heterocycles. The van der Waals surface area contributed by atoms with Crippen LogP contribution in [0.3, 0.4) is 0 Å². The Morgan fingerprint density at radius 3 is 2.36 bits per heavy atom. The van der Waals surface area contributed by atoms with E-state index in [-0.39, 0.29) is 28.2 Å². The third-order valence-electron chi connectivity index (χ3n) is 3.46. The zero-order chi connectivity index (χ0) is 20.5. The van der Waals surface area contributed by atoms with Crippen LogP contribution in [0.25, 0.3) is 22.5 Å². The van der Waals surface area contributed by atoms with Crippen LogP contribution in [0.5, 0.6) is 5.75 Å². The van der Waals surface area contributed by atoms with E-state index in [1.165, 1.54) is 6.07 Å². The second-order valence-corrected chi connectivity index (χ2v) is 5.37. The minimum absolute atomic E-state index is 0.0266. The SMILES string of the molecule is N#Cc1[nH]nnc1-c1cc(OC(F)(F)F)cc(-c2cc(C(F)(F)F)ccn2)c1. The molecule has 2 heterocycles. The topological polar surface area (TPSA) is 87.5 Å². The molecular weight excluding hydrogens is 392 g/mol. The molecule has 28 heavy (non-hydrogen) atoms. The van der Waals surface area contributed by atoms with Crippen molar-refractivity contribution in [3.8, 4) is 34.3 Å². The molecule has 12 heteroatoms. The van der Waals surface area contributed by atoms with E-state index in [0.717, 1.165) is 24.4 Å². The largest absolute Gasteiger partial charge is 0.573 e. The number of alkyl halides is 6. The van der Waals surface area contributed by atoms with Crippen molar-refractivity contribution in [2.75, 3.05) is 0 Å². The normalized spacial score (nSPS) is 11.9. The van der Waals surface area contributed by atoms with E-state index in [0.29, 0.717) is 6.07 Å². The van der Waals surface area contributed by atoms with Crippen LogP contribution < -0.4 is 4.74 Å². The molecule has 0 atom stereocenters. The summed E-state index contributed by atoms with van der Waals surface area (Å²) in [6, 6.07) is 6.18. The van der Waals surface area contributed by atoms with Gasteiger partial charge >= 0.3 is 12.5 Å². The van der Waals surface area contributed by atoms with Gasteiger partial charge in [-0.1, -0.05) is 5.21 Å². The number of aromatic nitrogens is 4. The molecule has 0 fully saturated rings. The number of hydrogen-bond acceptors (Lipinski definition) is 5. The van der Waals surface area contributed by atoms with Crippen molar-refractivity contribution in [2.45, 2.75) is 12.5 Å². The highest BCUT2D eigenvalue weighted by atomic mass is 19.4. The van der Waals surface area contributed by atoms with Gasteiger partial charge in [0.2, 0.25) is 0 Å². The summed E-state index contributed by atoms with van der Waals surface area (Å²) in [6.45, 7) is 0. The second-order valence-electron chi connectivity index (χ2n) is 5.37. The van der Waals surface area contributed by atoms with Gasteiger partial charge in [-0.05, 0) is 30.3 Å².